The third-order valence-corrected chi connectivity index (χ3v) is 1.82. The van der Waals surface area contributed by atoms with Gasteiger partial charge in [-0.1, -0.05) is 30.3 Å². The smallest absolute Gasteiger partial charge is 0.566 e. The first-order valence-electron chi connectivity index (χ1n) is 3.60. The van der Waals surface area contributed by atoms with E-state index in [1.54, 1.807) is 0 Å². The zero-order valence-electron chi connectivity index (χ0n) is 7.47. The maximum atomic E-state index is 10.0. The summed E-state index contributed by atoms with van der Waals surface area (Å²) in [6.45, 7) is 0.225. The summed E-state index contributed by atoms with van der Waals surface area (Å²) in [5, 5.41) is 0. The molecule has 0 heterocycles. The van der Waals surface area contributed by atoms with Gasteiger partial charge in [0.25, 0.3) is 0 Å². The van der Waals surface area contributed by atoms with E-state index >= 15 is 0 Å². The third kappa shape index (κ3) is 6.88. The number of hydrogen-bond donors (Lipinski definition) is 0. The van der Waals surface area contributed by atoms with Crippen LogP contribution in [0.1, 0.15) is 5.56 Å². The number of benzene rings is 1. The maximum absolute atomic E-state index is 10.0. The Kier molecular flexibility index (Phi) is 8.76. The minimum Gasteiger partial charge on any atom is -0.566 e. The molecule has 0 saturated carbocycles. The van der Waals surface area contributed by atoms with Gasteiger partial charge in [-0.15, -0.1) is 4.52 Å². The van der Waals surface area contributed by atoms with Crippen LogP contribution in [-0.2, 0) is 15.5 Å². The molecule has 0 aromatic heterocycles. The number of hydrogen-bond acceptors (Lipinski definition) is 3. The summed E-state index contributed by atoms with van der Waals surface area (Å²) in [5.74, 6) is 0. The van der Waals surface area contributed by atoms with E-state index in [4.69, 9.17) is 0 Å². The van der Waals surface area contributed by atoms with Crippen molar-refractivity contribution < 1.29 is 65.4 Å². The molecule has 1 aromatic carbocycles. The van der Waals surface area contributed by atoms with Gasteiger partial charge < -0.3 is 4.89 Å². The largest absolute Gasteiger partial charge is 1.00 e. The summed E-state index contributed by atoms with van der Waals surface area (Å²) in [7, 11) is -2.70. The molecule has 0 aliphatic rings. The van der Waals surface area contributed by atoms with Crippen molar-refractivity contribution in [2.45, 2.75) is 6.42 Å². The van der Waals surface area contributed by atoms with Crippen molar-refractivity contribution in [3.63, 3.8) is 0 Å². The molecule has 0 N–H and O–H groups in total. The minimum atomic E-state index is -2.70. The molecular formula is C8H9KO3P+. The Morgan fingerprint density at radius 3 is 2.46 bits per heavy atom. The molecule has 64 valence electrons. The molecule has 0 saturated heterocycles. The van der Waals surface area contributed by atoms with Gasteiger partial charge in [-0.2, -0.15) is 0 Å². The summed E-state index contributed by atoms with van der Waals surface area (Å²) < 4.78 is 14.4. The quantitative estimate of drug-likeness (QED) is 0.450. The zero-order valence-corrected chi connectivity index (χ0v) is 11.5. The number of rotatable bonds is 4. The topological polar surface area (TPSA) is 49.4 Å². The Labute approximate surface area is 121 Å². The second-order valence-electron chi connectivity index (χ2n) is 2.29. The standard InChI is InChI=1S/C8H9O3P.K/c9-12(10)11-7-6-8-4-2-1-3-5-8;/h1-5H,6-7H2;/q;+1. The fourth-order valence-corrected chi connectivity index (χ4v) is 1.12. The van der Waals surface area contributed by atoms with Crippen LogP contribution in [0, 0.1) is 0 Å². The van der Waals surface area contributed by atoms with Gasteiger partial charge in [-0.05, 0) is 10.1 Å². The Bertz CT molecular complexity index is 253. The van der Waals surface area contributed by atoms with Gasteiger partial charge in [0.1, 0.15) is 6.61 Å². The van der Waals surface area contributed by atoms with Crippen molar-refractivity contribution in [1.29, 1.82) is 0 Å². The molecule has 1 unspecified atom stereocenters. The van der Waals surface area contributed by atoms with Crippen molar-refractivity contribution in [3.8, 4) is 0 Å². The molecule has 0 aliphatic carbocycles. The van der Waals surface area contributed by atoms with Crippen molar-refractivity contribution in [3.05, 3.63) is 35.9 Å². The minimum absolute atomic E-state index is 0. The van der Waals surface area contributed by atoms with E-state index < -0.39 is 8.25 Å². The van der Waals surface area contributed by atoms with Crippen LogP contribution >= 0.6 is 8.25 Å². The van der Waals surface area contributed by atoms with E-state index in [1.807, 2.05) is 30.3 Å². The molecule has 0 bridgehead atoms. The Balaban J connectivity index is 0.00000144. The van der Waals surface area contributed by atoms with Gasteiger partial charge >= 0.3 is 59.6 Å². The van der Waals surface area contributed by atoms with Gasteiger partial charge in [0.2, 0.25) is 0 Å². The van der Waals surface area contributed by atoms with Crippen LogP contribution in [0.5, 0.6) is 0 Å². The van der Waals surface area contributed by atoms with Crippen LogP contribution in [0.15, 0.2) is 30.3 Å². The average molecular weight is 223 g/mol. The van der Waals surface area contributed by atoms with E-state index in [0.29, 0.717) is 6.42 Å². The fraction of sp³-hybridized carbons (Fsp3) is 0.250. The Morgan fingerprint density at radius 1 is 1.31 bits per heavy atom. The van der Waals surface area contributed by atoms with Crippen LogP contribution in [0.3, 0.4) is 0 Å². The van der Waals surface area contributed by atoms with E-state index in [1.165, 1.54) is 0 Å². The zero-order chi connectivity index (χ0) is 8.81. The van der Waals surface area contributed by atoms with Crippen molar-refractivity contribution in [2.75, 3.05) is 6.61 Å². The normalized spacial score (nSPS) is 10.4. The molecule has 1 rings (SSSR count). The second kappa shape index (κ2) is 8.21. The molecule has 0 amide bonds. The molecular weight excluding hydrogens is 214 g/mol. The van der Waals surface area contributed by atoms with E-state index in [2.05, 4.69) is 4.52 Å². The molecule has 5 heteroatoms. The Morgan fingerprint density at radius 2 is 1.92 bits per heavy atom. The monoisotopic (exact) mass is 223 g/mol. The predicted molar refractivity (Wildman–Crippen MR) is 43.7 cm³/mol. The predicted octanol–water partition coefficient (Wildman–Crippen LogP) is -1.73. The SMILES string of the molecule is O=[P+]([O-])OCCc1ccccc1.[K+]. The summed E-state index contributed by atoms with van der Waals surface area (Å²) in [6, 6.07) is 9.60. The fourth-order valence-electron chi connectivity index (χ4n) is 0.883. The Hall–Kier alpha value is 0.876. The molecule has 3 nitrogen and oxygen atoms in total. The van der Waals surface area contributed by atoms with E-state index in [0.717, 1.165) is 5.56 Å². The van der Waals surface area contributed by atoms with E-state index in [-0.39, 0.29) is 58.0 Å². The van der Waals surface area contributed by atoms with Crippen LogP contribution in [0.25, 0.3) is 0 Å². The van der Waals surface area contributed by atoms with Crippen LogP contribution < -0.4 is 56.3 Å². The molecule has 0 fully saturated rings. The molecule has 0 spiro atoms. The third-order valence-electron chi connectivity index (χ3n) is 1.43. The molecule has 1 aromatic rings. The molecule has 0 radical (unpaired) electrons. The molecule has 1 atom stereocenters. The van der Waals surface area contributed by atoms with Crippen LogP contribution in [0.2, 0.25) is 0 Å². The van der Waals surface area contributed by atoms with Crippen molar-refractivity contribution in [2.24, 2.45) is 0 Å². The van der Waals surface area contributed by atoms with Gasteiger partial charge in [-0.3, -0.25) is 0 Å². The maximum Gasteiger partial charge on any atom is 1.00 e. The van der Waals surface area contributed by atoms with E-state index in [9.17, 15) is 9.46 Å². The second-order valence-corrected chi connectivity index (χ2v) is 3.00. The van der Waals surface area contributed by atoms with Crippen LogP contribution in [0.4, 0.5) is 0 Å². The van der Waals surface area contributed by atoms with Crippen molar-refractivity contribution >= 4 is 8.25 Å². The van der Waals surface area contributed by atoms with Gasteiger partial charge in [-0.25, -0.2) is 0 Å². The van der Waals surface area contributed by atoms with Gasteiger partial charge in [0.15, 0.2) is 0 Å². The first-order valence-corrected chi connectivity index (χ1v) is 4.70. The van der Waals surface area contributed by atoms with Crippen LogP contribution in [-0.4, -0.2) is 6.61 Å². The summed E-state index contributed by atoms with van der Waals surface area (Å²) >= 11 is 0. The first-order chi connectivity index (χ1) is 5.79. The van der Waals surface area contributed by atoms with Gasteiger partial charge in [0, 0.05) is 6.42 Å². The first kappa shape index (κ1) is 13.9. The summed E-state index contributed by atoms with van der Waals surface area (Å²) in [4.78, 5) is 10.0. The van der Waals surface area contributed by atoms with Crippen molar-refractivity contribution in [1.82, 2.24) is 0 Å². The average Bonchev–Trinajstić information content (AvgIpc) is 2.05. The van der Waals surface area contributed by atoms with Gasteiger partial charge in [0.05, 0.1) is 0 Å². The molecule has 13 heavy (non-hydrogen) atoms. The summed E-state index contributed by atoms with van der Waals surface area (Å²) in [6.07, 6.45) is 0.629. The molecule has 0 aliphatic heterocycles. The summed E-state index contributed by atoms with van der Waals surface area (Å²) in [5.41, 5.74) is 1.08.